The first-order valence-corrected chi connectivity index (χ1v) is 9.69. The largest absolute Gasteiger partial charge is 0.476 e. The smallest absolute Gasteiger partial charge is 0.356 e. The first kappa shape index (κ1) is 20.1. The maximum atomic E-state index is 12.7. The van der Waals surface area contributed by atoms with Gasteiger partial charge in [0.1, 0.15) is 0 Å². The van der Waals surface area contributed by atoms with Crippen molar-refractivity contribution < 1.29 is 14.7 Å². The van der Waals surface area contributed by atoms with E-state index in [0.717, 1.165) is 18.5 Å². The molecule has 1 aliphatic heterocycles. The molecule has 1 aliphatic rings. The predicted molar refractivity (Wildman–Crippen MR) is 106 cm³/mol. The molecule has 1 N–H and O–H groups in total. The number of nitrogens with zero attached hydrogens (tertiary/aromatic N) is 4. The standard InChI is InChI=1S/C21H28N4O3/c1-15(23(2)3)20(26)24-13-11-18-17(14-24)19(21(27)28)22-25(18)12-7-10-16-8-5-4-6-9-16/h4-6,8-9,15H,7,10-14H2,1-3H3,(H,27,28). The lowest BCUT2D eigenvalue weighted by molar-refractivity contribution is -0.136. The highest BCUT2D eigenvalue weighted by Gasteiger charge is 2.31. The molecule has 0 fully saturated rings. The summed E-state index contributed by atoms with van der Waals surface area (Å²) in [5.41, 5.74) is 2.96. The molecule has 1 aromatic heterocycles. The Bertz CT molecular complexity index is 845. The lowest BCUT2D eigenvalue weighted by atomic mass is 10.0. The van der Waals surface area contributed by atoms with Gasteiger partial charge in [-0.25, -0.2) is 4.79 Å². The van der Waals surface area contributed by atoms with Crippen LogP contribution in [0.4, 0.5) is 0 Å². The van der Waals surface area contributed by atoms with Crippen LogP contribution in [0.15, 0.2) is 30.3 Å². The molecule has 28 heavy (non-hydrogen) atoms. The van der Waals surface area contributed by atoms with Crippen LogP contribution in [-0.4, -0.2) is 63.2 Å². The van der Waals surface area contributed by atoms with Crippen molar-refractivity contribution in [2.75, 3.05) is 20.6 Å². The zero-order valence-corrected chi connectivity index (χ0v) is 16.8. The fraction of sp³-hybridized carbons (Fsp3) is 0.476. The molecule has 3 rings (SSSR count). The number of aromatic nitrogens is 2. The molecule has 7 heteroatoms. The third-order valence-corrected chi connectivity index (χ3v) is 5.46. The van der Waals surface area contributed by atoms with Gasteiger partial charge in [0.15, 0.2) is 5.69 Å². The Morgan fingerprint density at radius 1 is 1.25 bits per heavy atom. The summed E-state index contributed by atoms with van der Waals surface area (Å²) in [6, 6.07) is 9.99. The minimum absolute atomic E-state index is 0.0174. The van der Waals surface area contributed by atoms with Gasteiger partial charge < -0.3 is 10.0 Å². The molecule has 1 aromatic carbocycles. The van der Waals surface area contributed by atoms with Crippen LogP contribution >= 0.6 is 0 Å². The number of fused-ring (bicyclic) bond motifs is 1. The zero-order chi connectivity index (χ0) is 20.3. The van der Waals surface area contributed by atoms with Crippen molar-refractivity contribution in [2.45, 2.75) is 45.3 Å². The van der Waals surface area contributed by atoms with Gasteiger partial charge in [0.2, 0.25) is 5.91 Å². The Hall–Kier alpha value is -2.67. The van der Waals surface area contributed by atoms with Gasteiger partial charge >= 0.3 is 5.97 Å². The van der Waals surface area contributed by atoms with E-state index in [1.54, 1.807) is 4.90 Å². The molecule has 0 saturated heterocycles. The van der Waals surface area contributed by atoms with Crippen LogP contribution < -0.4 is 0 Å². The number of carbonyl (C=O) groups is 2. The molecule has 0 spiro atoms. The molecule has 1 amide bonds. The van der Waals surface area contributed by atoms with Crippen LogP contribution in [0.2, 0.25) is 0 Å². The van der Waals surface area contributed by atoms with E-state index in [2.05, 4.69) is 17.2 Å². The lowest BCUT2D eigenvalue weighted by Gasteiger charge is -2.31. The highest BCUT2D eigenvalue weighted by atomic mass is 16.4. The van der Waals surface area contributed by atoms with Crippen molar-refractivity contribution in [3.8, 4) is 0 Å². The highest BCUT2D eigenvalue weighted by Crippen LogP contribution is 2.24. The lowest BCUT2D eigenvalue weighted by Crippen LogP contribution is -2.46. The number of rotatable bonds is 7. The second-order valence-corrected chi connectivity index (χ2v) is 7.54. The van der Waals surface area contributed by atoms with Crippen LogP contribution in [0.1, 0.15) is 40.7 Å². The first-order chi connectivity index (χ1) is 13.4. The number of benzene rings is 1. The highest BCUT2D eigenvalue weighted by molar-refractivity contribution is 5.88. The summed E-state index contributed by atoms with van der Waals surface area (Å²) in [6.45, 7) is 3.44. The van der Waals surface area contributed by atoms with E-state index in [4.69, 9.17) is 0 Å². The summed E-state index contributed by atoms with van der Waals surface area (Å²) < 4.78 is 1.83. The summed E-state index contributed by atoms with van der Waals surface area (Å²) in [7, 11) is 3.73. The molecule has 0 bridgehead atoms. The van der Waals surface area contributed by atoms with Crippen molar-refractivity contribution in [3.63, 3.8) is 0 Å². The molecule has 1 unspecified atom stereocenters. The molecule has 2 aromatic rings. The maximum Gasteiger partial charge on any atom is 0.356 e. The van der Waals surface area contributed by atoms with Gasteiger partial charge in [0, 0.05) is 37.3 Å². The Labute approximate surface area is 165 Å². The Morgan fingerprint density at radius 3 is 2.61 bits per heavy atom. The van der Waals surface area contributed by atoms with E-state index < -0.39 is 5.97 Å². The Kier molecular flexibility index (Phi) is 6.14. The zero-order valence-electron chi connectivity index (χ0n) is 16.8. The number of aryl methyl sites for hydroxylation is 2. The van der Waals surface area contributed by atoms with Gasteiger partial charge in [0.05, 0.1) is 6.04 Å². The topological polar surface area (TPSA) is 78.7 Å². The summed E-state index contributed by atoms with van der Waals surface area (Å²) in [5, 5.41) is 14.0. The number of carbonyl (C=O) groups excluding carboxylic acids is 1. The van der Waals surface area contributed by atoms with Gasteiger partial charge in [-0.2, -0.15) is 5.10 Å². The molecule has 0 radical (unpaired) electrons. The van der Waals surface area contributed by atoms with Gasteiger partial charge in [-0.05, 0) is 39.4 Å². The number of hydrogen-bond acceptors (Lipinski definition) is 4. The second-order valence-electron chi connectivity index (χ2n) is 7.54. The van der Waals surface area contributed by atoms with Crippen LogP contribution in [0.3, 0.4) is 0 Å². The first-order valence-electron chi connectivity index (χ1n) is 9.69. The van der Waals surface area contributed by atoms with Gasteiger partial charge in [-0.15, -0.1) is 0 Å². The summed E-state index contributed by atoms with van der Waals surface area (Å²) in [4.78, 5) is 28.0. The molecule has 0 saturated carbocycles. The minimum Gasteiger partial charge on any atom is -0.476 e. The van der Waals surface area contributed by atoms with E-state index in [-0.39, 0.29) is 17.6 Å². The maximum absolute atomic E-state index is 12.7. The van der Waals surface area contributed by atoms with Gasteiger partial charge in [-0.3, -0.25) is 14.4 Å². The third-order valence-electron chi connectivity index (χ3n) is 5.46. The molecular weight excluding hydrogens is 356 g/mol. The van der Waals surface area contributed by atoms with Crippen LogP contribution in [0, 0.1) is 0 Å². The third kappa shape index (κ3) is 4.25. The molecule has 2 heterocycles. The molecular formula is C21H28N4O3. The van der Waals surface area contributed by atoms with Crippen molar-refractivity contribution >= 4 is 11.9 Å². The van der Waals surface area contributed by atoms with Crippen LogP contribution in [-0.2, 0) is 30.7 Å². The summed E-state index contributed by atoms with van der Waals surface area (Å²) in [5.74, 6) is -1.02. The fourth-order valence-electron chi connectivity index (χ4n) is 3.60. The van der Waals surface area contributed by atoms with Gasteiger partial charge in [0.25, 0.3) is 0 Å². The summed E-state index contributed by atoms with van der Waals surface area (Å²) in [6.07, 6.45) is 2.44. The van der Waals surface area contributed by atoms with E-state index in [9.17, 15) is 14.7 Å². The number of hydrogen-bond donors (Lipinski definition) is 1. The molecule has 0 aliphatic carbocycles. The SMILES string of the molecule is CC(C(=O)N1CCc2c(c(C(=O)O)nn2CCCc2ccccc2)C1)N(C)C. The molecule has 7 nitrogen and oxygen atoms in total. The number of carboxylic acids is 1. The quantitative estimate of drug-likeness (QED) is 0.790. The number of likely N-dealkylation sites (N-methyl/N-ethyl adjacent to an activating group) is 1. The molecule has 1 atom stereocenters. The predicted octanol–water partition coefficient (Wildman–Crippen LogP) is 2.05. The van der Waals surface area contributed by atoms with Gasteiger partial charge in [-0.1, -0.05) is 30.3 Å². The van der Waals surface area contributed by atoms with E-state index in [1.165, 1.54) is 5.56 Å². The van der Waals surface area contributed by atoms with Crippen LogP contribution in [0.5, 0.6) is 0 Å². The molecule has 150 valence electrons. The fourth-order valence-corrected chi connectivity index (χ4v) is 3.60. The average Bonchev–Trinajstić information content (AvgIpc) is 3.06. The van der Waals surface area contributed by atoms with E-state index in [0.29, 0.717) is 31.6 Å². The van der Waals surface area contributed by atoms with E-state index >= 15 is 0 Å². The normalized spacial score (nSPS) is 14.8. The van der Waals surface area contributed by atoms with Crippen LogP contribution in [0.25, 0.3) is 0 Å². The minimum atomic E-state index is -1.03. The van der Waals surface area contributed by atoms with Crippen molar-refractivity contribution in [1.82, 2.24) is 19.6 Å². The second kappa shape index (κ2) is 8.56. The average molecular weight is 384 g/mol. The Morgan fingerprint density at radius 2 is 1.96 bits per heavy atom. The number of carboxylic acid groups (broad SMARTS) is 1. The Balaban J connectivity index is 1.74. The monoisotopic (exact) mass is 384 g/mol. The number of amides is 1. The van der Waals surface area contributed by atoms with Crippen molar-refractivity contribution in [3.05, 3.63) is 52.8 Å². The van der Waals surface area contributed by atoms with Crippen molar-refractivity contribution in [1.29, 1.82) is 0 Å². The summed E-state index contributed by atoms with van der Waals surface area (Å²) >= 11 is 0. The number of aromatic carboxylic acids is 1. The van der Waals surface area contributed by atoms with Crippen molar-refractivity contribution in [2.24, 2.45) is 0 Å². The van der Waals surface area contributed by atoms with E-state index in [1.807, 2.05) is 48.8 Å².